The molecule has 2 heteroatoms. The van der Waals surface area contributed by atoms with E-state index in [4.69, 9.17) is 10.00 Å². The Balaban J connectivity index is 0. The fourth-order valence-electron chi connectivity index (χ4n) is 0.359. The highest BCUT2D eigenvalue weighted by Gasteiger charge is 1.95. The van der Waals surface area contributed by atoms with Gasteiger partial charge in [-0.05, 0) is 13.3 Å². The lowest BCUT2D eigenvalue weighted by Gasteiger charge is -1.97. The SMILES string of the molecule is CC.COCCC(C)C#N. The van der Waals surface area contributed by atoms with Gasteiger partial charge in [0.2, 0.25) is 0 Å². The third-order valence-corrected chi connectivity index (χ3v) is 0.975. The largest absolute Gasteiger partial charge is 0.385 e. The van der Waals surface area contributed by atoms with Gasteiger partial charge < -0.3 is 4.74 Å². The Bertz CT molecular complexity index is 85.7. The summed E-state index contributed by atoms with van der Waals surface area (Å²) in [4.78, 5) is 0. The van der Waals surface area contributed by atoms with Crippen molar-refractivity contribution in [3.8, 4) is 6.07 Å². The predicted molar refractivity (Wildman–Crippen MR) is 42.6 cm³/mol. The third kappa shape index (κ3) is 10.4. The average molecular weight is 143 g/mol. The number of ether oxygens (including phenoxy) is 1. The molecule has 0 rings (SSSR count). The first-order valence-electron chi connectivity index (χ1n) is 3.69. The molecule has 1 unspecified atom stereocenters. The first-order chi connectivity index (χ1) is 4.81. The fourth-order valence-corrected chi connectivity index (χ4v) is 0.359. The highest BCUT2D eigenvalue weighted by molar-refractivity contribution is 4.77. The first-order valence-corrected chi connectivity index (χ1v) is 3.69. The number of methoxy groups -OCH3 is 1. The molecule has 0 radical (unpaired) electrons. The lowest BCUT2D eigenvalue weighted by atomic mass is 10.1. The highest BCUT2D eigenvalue weighted by atomic mass is 16.5. The summed E-state index contributed by atoms with van der Waals surface area (Å²) in [6.07, 6.45) is 0.840. The summed E-state index contributed by atoms with van der Waals surface area (Å²) in [7, 11) is 1.64. The number of hydrogen-bond acceptors (Lipinski definition) is 2. The van der Waals surface area contributed by atoms with Crippen LogP contribution in [0.25, 0.3) is 0 Å². The molecule has 0 aliphatic heterocycles. The molecule has 0 aliphatic rings. The van der Waals surface area contributed by atoms with Crippen LogP contribution in [-0.2, 0) is 4.74 Å². The Morgan fingerprint density at radius 2 is 2.00 bits per heavy atom. The van der Waals surface area contributed by atoms with E-state index in [1.807, 2.05) is 20.8 Å². The first kappa shape index (κ1) is 12.2. The molecule has 0 spiro atoms. The molecule has 0 bridgehead atoms. The van der Waals surface area contributed by atoms with Crippen molar-refractivity contribution in [2.45, 2.75) is 27.2 Å². The summed E-state index contributed by atoms with van der Waals surface area (Å²) in [5.41, 5.74) is 0. The minimum absolute atomic E-state index is 0.134. The number of nitrogens with zero attached hydrogens (tertiary/aromatic N) is 1. The second kappa shape index (κ2) is 11.3. The zero-order valence-electron chi connectivity index (χ0n) is 7.35. The Labute approximate surface area is 63.8 Å². The standard InChI is InChI=1S/C6H11NO.C2H6/c1-6(5-7)3-4-8-2;1-2/h6H,3-4H2,1-2H3;1-2H3. The topological polar surface area (TPSA) is 33.0 Å². The van der Waals surface area contributed by atoms with Gasteiger partial charge >= 0.3 is 0 Å². The Morgan fingerprint density at radius 1 is 1.50 bits per heavy atom. The summed E-state index contributed by atoms with van der Waals surface area (Å²) in [6.45, 7) is 6.58. The second-order valence-electron chi connectivity index (χ2n) is 1.81. The molecule has 0 N–H and O–H groups in total. The van der Waals surface area contributed by atoms with Crippen molar-refractivity contribution >= 4 is 0 Å². The number of hydrogen-bond donors (Lipinski definition) is 0. The summed E-state index contributed by atoms with van der Waals surface area (Å²) >= 11 is 0. The van der Waals surface area contributed by atoms with E-state index in [0.29, 0.717) is 6.61 Å². The van der Waals surface area contributed by atoms with Gasteiger partial charge in [0.05, 0.1) is 6.07 Å². The molecule has 2 nitrogen and oxygen atoms in total. The van der Waals surface area contributed by atoms with Crippen LogP contribution in [0.4, 0.5) is 0 Å². The van der Waals surface area contributed by atoms with Crippen molar-refractivity contribution in [2.24, 2.45) is 5.92 Å². The van der Waals surface area contributed by atoms with E-state index in [2.05, 4.69) is 6.07 Å². The van der Waals surface area contributed by atoms with E-state index in [1.165, 1.54) is 0 Å². The zero-order valence-corrected chi connectivity index (χ0v) is 7.35. The minimum atomic E-state index is 0.134. The third-order valence-electron chi connectivity index (χ3n) is 0.975. The van der Waals surface area contributed by atoms with Crippen molar-refractivity contribution in [1.82, 2.24) is 0 Å². The van der Waals surface area contributed by atoms with Crippen LogP contribution < -0.4 is 0 Å². The van der Waals surface area contributed by atoms with Crippen LogP contribution in [0.2, 0.25) is 0 Å². The van der Waals surface area contributed by atoms with Crippen molar-refractivity contribution in [2.75, 3.05) is 13.7 Å². The Hall–Kier alpha value is -0.550. The number of rotatable bonds is 3. The molecule has 0 saturated heterocycles. The van der Waals surface area contributed by atoms with Gasteiger partial charge in [-0.15, -0.1) is 0 Å². The molecule has 0 saturated carbocycles. The van der Waals surface area contributed by atoms with E-state index in [0.717, 1.165) is 6.42 Å². The highest BCUT2D eigenvalue weighted by Crippen LogP contribution is 1.97. The quantitative estimate of drug-likeness (QED) is 0.606. The lowest BCUT2D eigenvalue weighted by molar-refractivity contribution is 0.187. The van der Waals surface area contributed by atoms with Crippen LogP contribution in [0.5, 0.6) is 0 Å². The second-order valence-corrected chi connectivity index (χ2v) is 1.81. The minimum Gasteiger partial charge on any atom is -0.385 e. The molecule has 60 valence electrons. The van der Waals surface area contributed by atoms with Crippen molar-refractivity contribution in [3.63, 3.8) is 0 Å². The molecule has 0 aromatic heterocycles. The van der Waals surface area contributed by atoms with Gasteiger partial charge in [0.25, 0.3) is 0 Å². The van der Waals surface area contributed by atoms with Crippen LogP contribution >= 0.6 is 0 Å². The van der Waals surface area contributed by atoms with Crippen LogP contribution in [0, 0.1) is 17.2 Å². The summed E-state index contributed by atoms with van der Waals surface area (Å²) in [5, 5.41) is 8.26. The molecular formula is C8H17NO. The maximum atomic E-state index is 8.26. The monoisotopic (exact) mass is 143 g/mol. The average Bonchev–Trinajstić information content (AvgIpc) is 2.04. The molecule has 0 aromatic carbocycles. The maximum absolute atomic E-state index is 8.26. The van der Waals surface area contributed by atoms with E-state index >= 15 is 0 Å². The van der Waals surface area contributed by atoms with Crippen molar-refractivity contribution < 1.29 is 4.74 Å². The van der Waals surface area contributed by atoms with Crippen molar-refractivity contribution in [3.05, 3.63) is 0 Å². The van der Waals surface area contributed by atoms with E-state index in [-0.39, 0.29) is 5.92 Å². The van der Waals surface area contributed by atoms with Crippen molar-refractivity contribution in [1.29, 1.82) is 5.26 Å². The Morgan fingerprint density at radius 3 is 2.30 bits per heavy atom. The van der Waals surface area contributed by atoms with Crippen LogP contribution in [0.1, 0.15) is 27.2 Å². The molecule has 0 fully saturated rings. The smallest absolute Gasteiger partial charge is 0.0653 e. The lowest BCUT2D eigenvalue weighted by Crippen LogP contribution is -1.95. The summed E-state index contributed by atoms with van der Waals surface area (Å²) < 4.78 is 4.76. The molecule has 0 amide bonds. The molecule has 1 atom stereocenters. The summed E-state index contributed by atoms with van der Waals surface area (Å²) in [6, 6.07) is 2.12. The predicted octanol–water partition coefficient (Wildman–Crippen LogP) is 2.21. The van der Waals surface area contributed by atoms with Crippen LogP contribution in [0.15, 0.2) is 0 Å². The van der Waals surface area contributed by atoms with Gasteiger partial charge in [0, 0.05) is 19.6 Å². The van der Waals surface area contributed by atoms with Gasteiger partial charge in [-0.1, -0.05) is 13.8 Å². The van der Waals surface area contributed by atoms with Crippen LogP contribution in [0.3, 0.4) is 0 Å². The van der Waals surface area contributed by atoms with E-state index in [9.17, 15) is 0 Å². The van der Waals surface area contributed by atoms with E-state index < -0.39 is 0 Å². The van der Waals surface area contributed by atoms with Gasteiger partial charge in [0.1, 0.15) is 0 Å². The maximum Gasteiger partial charge on any atom is 0.0653 e. The molecule has 0 aliphatic carbocycles. The summed E-state index contributed by atoms with van der Waals surface area (Å²) in [5.74, 6) is 0.134. The fraction of sp³-hybridized carbons (Fsp3) is 0.875. The molecular weight excluding hydrogens is 126 g/mol. The molecule has 0 heterocycles. The molecule has 10 heavy (non-hydrogen) atoms. The zero-order chi connectivity index (χ0) is 8.41. The van der Waals surface area contributed by atoms with E-state index in [1.54, 1.807) is 7.11 Å². The normalized spacial score (nSPS) is 10.7. The van der Waals surface area contributed by atoms with Crippen LogP contribution in [-0.4, -0.2) is 13.7 Å². The van der Waals surface area contributed by atoms with Gasteiger partial charge in [-0.2, -0.15) is 5.26 Å². The van der Waals surface area contributed by atoms with Gasteiger partial charge in [0.15, 0.2) is 0 Å². The van der Waals surface area contributed by atoms with Gasteiger partial charge in [-0.3, -0.25) is 0 Å². The van der Waals surface area contributed by atoms with Gasteiger partial charge in [-0.25, -0.2) is 0 Å². The Kier molecular flexibility index (Phi) is 13.7. The number of nitriles is 1. The molecule has 0 aromatic rings.